The lowest BCUT2D eigenvalue weighted by molar-refractivity contribution is -0.122. The molecule has 0 saturated carbocycles. The molecule has 0 radical (unpaired) electrons. The highest BCUT2D eigenvalue weighted by atomic mass is 35.5. The van der Waals surface area contributed by atoms with Crippen LogP contribution in [0, 0.1) is 0 Å². The Hall–Kier alpha value is -2.71. The number of hydrogen-bond acceptors (Lipinski definition) is 5. The first kappa shape index (κ1) is 21.2. The van der Waals surface area contributed by atoms with Crippen molar-refractivity contribution in [3.05, 3.63) is 99.4 Å². The van der Waals surface area contributed by atoms with Crippen LogP contribution < -0.4 is 0 Å². The van der Waals surface area contributed by atoms with E-state index in [1.54, 1.807) is 16.2 Å². The molecule has 4 aromatic rings. The highest BCUT2D eigenvalue weighted by molar-refractivity contribution is 8.26. The zero-order valence-electron chi connectivity index (χ0n) is 16.6. The van der Waals surface area contributed by atoms with Crippen LogP contribution in [-0.4, -0.2) is 24.9 Å². The molecule has 0 N–H and O–H groups in total. The fourth-order valence-electron chi connectivity index (χ4n) is 3.39. The van der Waals surface area contributed by atoms with Crippen molar-refractivity contribution in [2.24, 2.45) is 0 Å². The van der Waals surface area contributed by atoms with Crippen LogP contribution in [0.2, 0.25) is 5.02 Å². The van der Waals surface area contributed by atoms with E-state index in [2.05, 4.69) is 0 Å². The number of carbonyl (C=O) groups excluding carboxylic acids is 1. The molecule has 1 aliphatic rings. The van der Waals surface area contributed by atoms with Crippen LogP contribution in [0.25, 0.3) is 22.3 Å². The lowest BCUT2D eigenvalue weighted by Gasteiger charge is -2.15. The zero-order chi connectivity index (χ0) is 22.1. The molecule has 158 valence electrons. The average Bonchev–Trinajstić information content (AvgIpc) is 3.53. The van der Waals surface area contributed by atoms with Gasteiger partial charge in [-0.3, -0.25) is 9.69 Å². The fourth-order valence-corrected chi connectivity index (χ4v) is 5.56. The van der Waals surface area contributed by atoms with E-state index in [9.17, 15) is 4.79 Å². The standard InChI is InChI=1S/C24H16ClN3OS3/c25-19-10-5-4-7-16(19)14-27-23(29)21(32-24(27)30)13-17-15-28(18-8-2-1-3-9-18)26-22(17)20-11-6-12-31-20/h1-13,15H,14H2/b21-13-. The highest BCUT2D eigenvalue weighted by Gasteiger charge is 2.32. The van der Waals surface area contributed by atoms with E-state index in [0.717, 1.165) is 27.4 Å². The van der Waals surface area contributed by atoms with Gasteiger partial charge in [-0.2, -0.15) is 5.10 Å². The summed E-state index contributed by atoms with van der Waals surface area (Å²) in [5, 5.41) is 7.44. The second-order valence-electron chi connectivity index (χ2n) is 7.05. The summed E-state index contributed by atoms with van der Waals surface area (Å²) in [5.41, 5.74) is 3.52. The lowest BCUT2D eigenvalue weighted by atomic mass is 10.2. The first-order valence-corrected chi connectivity index (χ1v) is 12.3. The zero-order valence-corrected chi connectivity index (χ0v) is 19.8. The van der Waals surface area contributed by atoms with Crippen LogP contribution in [0.1, 0.15) is 11.1 Å². The summed E-state index contributed by atoms with van der Waals surface area (Å²) in [5.74, 6) is -0.121. The van der Waals surface area contributed by atoms with Crippen LogP contribution in [-0.2, 0) is 11.3 Å². The van der Waals surface area contributed by atoms with Gasteiger partial charge in [0, 0.05) is 16.8 Å². The molecule has 3 heterocycles. The summed E-state index contributed by atoms with van der Waals surface area (Å²) >= 11 is 14.7. The first-order chi connectivity index (χ1) is 15.6. The predicted octanol–water partition coefficient (Wildman–Crippen LogP) is 6.66. The van der Waals surface area contributed by atoms with Gasteiger partial charge in [0.1, 0.15) is 10.0 Å². The van der Waals surface area contributed by atoms with Crippen LogP contribution in [0.3, 0.4) is 0 Å². The van der Waals surface area contributed by atoms with Gasteiger partial charge in [0.25, 0.3) is 5.91 Å². The Bertz CT molecular complexity index is 1330. The summed E-state index contributed by atoms with van der Waals surface area (Å²) in [6, 6.07) is 21.4. The molecule has 1 amide bonds. The molecule has 8 heteroatoms. The van der Waals surface area contributed by atoms with Crippen molar-refractivity contribution in [2.45, 2.75) is 6.54 Å². The summed E-state index contributed by atoms with van der Waals surface area (Å²) in [4.78, 5) is 16.4. The SMILES string of the molecule is O=C1/C(=C/c2cn(-c3ccccc3)nc2-c2cccs2)SC(=S)N1Cc1ccccc1Cl. The number of hydrogen-bond donors (Lipinski definition) is 0. The molecule has 0 spiro atoms. The number of thiocarbonyl (C=S) groups is 1. The van der Waals surface area contributed by atoms with E-state index in [-0.39, 0.29) is 5.91 Å². The number of benzene rings is 2. The van der Waals surface area contributed by atoms with Crippen molar-refractivity contribution < 1.29 is 4.79 Å². The molecule has 4 nitrogen and oxygen atoms in total. The van der Waals surface area contributed by atoms with Crippen LogP contribution in [0.4, 0.5) is 0 Å². The van der Waals surface area contributed by atoms with Gasteiger partial charge in [-0.15, -0.1) is 11.3 Å². The predicted molar refractivity (Wildman–Crippen MR) is 137 cm³/mol. The van der Waals surface area contributed by atoms with Crippen LogP contribution >= 0.6 is 46.9 Å². The number of aromatic nitrogens is 2. The molecule has 0 bridgehead atoms. The second kappa shape index (κ2) is 9.03. The van der Waals surface area contributed by atoms with Crippen LogP contribution in [0.5, 0.6) is 0 Å². The molecule has 0 unspecified atom stereocenters. The van der Waals surface area contributed by atoms with Gasteiger partial charge < -0.3 is 0 Å². The Morgan fingerprint density at radius 3 is 2.56 bits per heavy atom. The largest absolute Gasteiger partial charge is 0.288 e. The highest BCUT2D eigenvalue weighted by Crippen LogP contribution is 2.37. The normalized spacial score (nSPS) is 15.2. The molecule has 0 aliphatic carbocycles. The van der Waals surface area contributed by atoms with Gasteiger partial charge in [0.05, 0.1) is 22.0 Å². The minimum atomic E-state index is -0.121. The number of thioether (sulfide) groups is 1. The molecule has 5 rings (SSSR count). The van der Waals surface area contributed by atoms with Crippen molar-refractivity contribution in [1.29, 1.82) is 0 Å². The molecule has 1 saturated heterocycles. The number of rotatable bonds is 5. The van der Waals surface area contributed by atoms with E-state index < -0.39 is 0 Å². The number of para-hydroxylation sites is 1. The molecule has 1 aliphatic heterocycles. The number of carbonyl (C=O) groups is 1. The van der Waals surface area contributed by atoms with Gasteiger partial charge >= 0.3 is 0 Å². The Kier molecular flexibility index (Phi) is 5.97. The van der Waals surface area contributed by atoms with E-state index >= 15 is 0 Å². The summed E-state index contributed by atoms with van der Waals surface area (Å²) in [6.45, 7) is 0.350. The third-order valence-electron chi connectivity index (χ3n) is 4.96. The van der Waals surface area contributed by atoms with Crippen molar-refractivity contribution in [2.75, 3.05) is 0 Å². The van der Waals surface area contributed by atoms with Crippen molar-refractivity contribution in [1.82, 2.24) is 14.7 Å². The van der Waals surface area contributed by atoms with Gasteiger partial charge in [-0.05, 0) is 41.3 Å². The number of halogens is 1. The molecule has 2 aromatic heterocycles. The number of amides is 1. The molecular weight excluding hydrogens is 478 g/mol. The molecular formula is C24H16ClN3OS3. The molecule has 2 aromatic carbocycles. The fraction of sp³-hybridized carbons (Fsp3) is 0.0417. The van der Waals surface area contributed by atoms with Crippen molar-refractivity contribution in [3.8, 4) is 16.3 Å². The average molecular weight is 494 g/mol. The maximum atomic E-state index is 13.2. The Morgan fingerprint density at radius 1 is 1.03 bits per heavy atom. The van der Waals surface area contributed by atoms with Crippen molar-refractivity contribution in [3.63, 3.8) is 0 Å². The summed E-state index contributed by atoms with van der Waals surface area (Å²) in [6.07, 6.45) is 3.83. The topological polar surface area (TPSA) is 38.1 Å². The number of nitrogens with zero attached hydrogens (tertiary/aromatic N) is 3. The lowest BCUT2D eigenvalue weighted by Crippen LogP contribution is -2.27. The minimum absolute atomic E-state index is 0.121. The van der Waals surface area contributed by atoms with E-state index in [0.29, 0.717) is 20.8 Å². The summed E-state index contributed by atoms with van der Waals surface area (Å²) < 4.78 is 2.36. The minimum Gasteiger partial charge on any atom is -0.288 e. The Balaban J connectivity index is 1.50. The second-order valence-corrected chi connectivity index (χ2v) is 10.1. The van der Waals surface area contributed by atoms with Gasteiger partial charge in [0.2, 0.25) is 0 Å². The number of thiophene rings is 1. The van der Waals surface area contributed by atoms with Crippen molar-refractivity contribution >= 4 is 63.2 Å². The third kappa shape index (κ3) is 4.17. The Labute approximate surface area is 204 Å². The first-order valence-electron chi connectivity index (χ1n) is 9.78. The van der Waals surface area contributed by atoms with E-state index in [1.807, 2.05) is 89.1 Å². The smallest absolute Gasteiger partial charge is 0.266 e. The monoisotopic (exact) mass is 493 g/mol. The Morgan fingerprint density at radius 2 is 1.81 bits per heavy atom. The van der Waals surface area contributed by atoms with Gasteiger partial charge in [-0.1, -0.05) is 78.0 Å². The van der Waals surface area contributed by atoms with Gasteiger partial charge in [0.15, 0.2) is 0 Å². The van der Waals surface area contributed by atoms with Gasteiger partial charge in [-0.25, -0.2) is 4.68 Å². The maximum absolute atomic E-state index is 13.2. The quantitative estimate of drug-likeness (QED) is 0.230. The van der Waals surface area contributed by atoms with Crippen LogP contribution in [0.15, 0.2) is 83.2 Å². The van der Waals surface area contributed by atoms with E-state index in [1.165, 1.54) is 11.8 Å². The van der Waals surface area contributed by atoms with E-state index in [4.69, 9.17) is 28.9 Å². The molecule has 32 heavy (non-hydrogen) atoms. The third-order valence-corrected chi connectivity index (χ3v) is 7.59. The molecule has 1 fully saturated rings. The maximum Gasteiger partial charge on any atom is 0.266 e. The summed E-state index contributed by atoms with van der Waals surface area (Å²) in [7, 11) is 0. The molecule has 0 atom stereocenters.